The zero-order valence-corrected chi connectivity index (χ0v) is 13.1. The lowest BCUT2D eigenvalue weighted by Crippen LogP contribution is -2.31. The van der Waals surface area contributed by atoms with Gasteiger partial charge >= 0.3 is 5.97 Å². The lowest BCUT2D eigenvalue weighted by atomic mass is 10.1. The van der Waals surface area contributed by atoms with Gasteiger partial charge in [0, 0.05) is 20.2 Å². The molecule has 0 spiro atoms. The Bertz CT molecular complexity index is 422. The molecular weight excluding hydrogens is 270 g/mol. The molecule has 1 aromatic carbocycles. The molecule has 0 amide bonds. The van der Waals surface area contributed by atoms with Crippen molar-refractivity contribution >= 4 is 5.97 Å². The molecule has 0 heterocycles. The number of hydrogen-bond acceptors (Lipinski definition) is 5. The number of carbonyl (C=O) groups is 1. The van der Waals surface area contributed by atoms with E-state index in [1.807, 2.05) is 24.3 Å². The second-order valence-corrected chi connectivity index (χ2v) is 4.68. The van der Waals surface area contributed by atoms with Crippen LogP contribution in [0.1, 0.15) is 12.5 Å². The van der Waals surface area contributed by atoms with Crippen molar-refractivity contribution in [3.8, 4) is 5.75 Å². The first-order chi connectivity index (χ1) is 10.2. The van der Waals surface area contributed by atoms with Crippen LogP contribution in [0.3, 0.4) is 0 Å². The summed E-state index contributed by atoms with van der Waals surface area (Å²) in [6, 6.07) is 7.55. The van der Waals surface area contributed by atoms with Crippen LogP contribution in [0.4, 0.5) is 0 Å². The number of benzene rings is 1. The molecular formula is C16H25NO4. The normalized spacial score (nSPS) is 10.7. The maximum absolute atomic E-state index is 11.3. The SMILES string of the molecule is CCN(CCOC)CCOc1cccc(CC(=O)OC)c1. The predicted molar refractivity (Wildman–Crippen MR) is 81.6 cm³/mol. The minimum Gasteiger partial charge on any atom is -0.492 e. The molecule has 0 aliphatic heterocycles. The van der Waals surface area contributed by atoms with Crippen LogP contribution in [-0.4, -0.2) is 57.9 Å². The van der Waals surface area contributed by atoms with Crippen molar-refractivity contribution in [2.24, 2.45) is 0 Å². The first kappa shape index (κ1) is 17.5. The number of ether oxygens (including phenoxy) is 3. The Morgan fingerprint density at radius 2 is 1.95 bits per heavy atom. The van der Waals surface area contributed by atoms with E-state index in [1.165, 1.54) is 7.11 Å². The van der Waals surface area contributed by atoms with E-state index in [9.17, 15) is 4.79 Å². The highest BCUT2D eigenvalue weighted by molar-refractivity contribution is 5.72. The number of likely N-dealkylation sites (N-methyl/N-ethyl adjacent to an activating group) is 1. The third-order valence-corrected chi connectivity index (χ3v) is 3.21. The highest BCUT2D eigenvalue weighted by Crippen LogP contribution is 2.14. The van der Waals surface area contributed by atoms with Crippen LogP contribution in [0.5, 0.6) is 5.75 Å². The quantitative estimate of drug-likeness (QED) is 0.615. The van der Waals surface area contributed by atoms with Crippen LogP contribution in [0, 0.1) is 0 Å². The van der Waals surface area contributed by atoms with Crippen LogP contribution < -0.4 is 4.74 Å². The molecule has 0 aromatic heterocycles. The van der Waals surface area contributed by atoms with Gasteiger partial charge in [0.25, 0.3) is 0 Å². The number of esters is 1. The zero-order chi connectivity index (χ0) is 15.5. The van der Waals surface area contributed by atoms with E-state index in [0.717, 1.165) is 37.6 Å². The number of methoxy groups -OCH3 is 2. The van der Waals surface area contributed by atoms with Crippen LogP contribution in [-0.2, 0) is 20.7 Å². The summed E-state index contributed by atoms with van der Waals surface area (Å²) in [7, 11) is 3.10. The maximum Gasteiger partial charge on any atom is 0.309 e. The van der Waals surface area contributed by atoms with E-state index in [1.54, 1.807) is 7.11 Å². The Balaban J connectivity index is 2.40. The molecule has 0 unspecified atom stereocenters. The smallest absolute Gasteiger partial charge is 0.309 e. The van der Waals surface area contributed by atoms with Gasteiger partial charge < -0.3 is 14.2 Å². The molecule has 0 bridgehead atoms. The van der Waals surface area contributed by atoms with Crippen LogP contribution in [0.2, 0.25) is 0 Å². The van der Waals surface area contributed by atoms with Crippen LogP contribution in [0.15, 0.2) is 24.3 Å². The van der Waals surface area contributed by atoms with Crippen molar-refractivity contribution in [2.45, 2.75) is 13.3 Å². The lowest BCUT2D eigenvalue weighted by molar-refractivity contribution is -0.139. The van der Waals surface area contributed by atoms with Crippen molar-refractivity contribution < 1.29 is 19.0 Å². The summed E-state index contributed by atoms with van der Waals surface area (Å²) in [4.78, 5) is 13.5. The average molecular weight is 295 g/mol. The third-order valence-electron chi connectivity index (χ3n) is 3.21. The van der Waals surface area contributed by atoms with Gasteiger partial charge in [-0.15, -0.1) is 0 Å². The van der Waals surface area contributed by atoms with Gasteiger partial charge in [0.1, 0.15) is 12.4 Å². The van der Waals surface area contributed by atoms with Crippen molar-refractivity contribution in [1.82, 2.24) is 4.90 Å². The fourth-order valence-corrected chi connectivity index (χ4v) is 1.93. The monoisotopic (exact) mass is 295 g/mol. The molecule has 0 saturated heterocycles. The Kier molecular flexibility index (Phi) is 8.47. The Labute approximate surface area is 126 Å². The van der Waals surface area contributed by atoms with Gasteiger partial charge in [0.05, 0.1) is 20.1 Å². The first-order valence-corrected chi connectivity index (χ1v) is 7.19. The summed E-state index contributed by atoms with van der Waals surface area (Å²) in [6.07, 6.45) is 0.266. The molecule has 5 nitrogen and oxygen atoms in total. The Hall–Kier alpha value is -1.59. The number of nitrogens with zero attached hydrogens (tertiary/aromatic N) is 1. The molecule has 0 aliphatic carbocycles. The molecule has 0 saturated carbocycles. The maximum atomic E-state index is 11.3. The van der Waals surface area contributed by atoms with Gasteiger partial charge in [-0.05, 0) is 24.2 Å². The van der Waals surface area contributed by atoms with E-state index in [0.29, 0.717) is 6.61 Å². The second kappa shape index (κ2) is 10.2. The van der Waals surface area contributed by atoms with Gasteiger partial charge in [-0.1, -0.05) is 19.1 Å². The van der Waals surface area contributed by atoms with Crippen molar-refractivity contribution in [3.05, 3.63) is 29.8 Å². The highest BCUT2D eigenvalue weighted by atomic mass is 16.5. The topological polar surface area (TPSA) is 48.0 Å². The van der Waals surface area contributed by atoms with Crippen LogP contribution >= 0.6 is 0 Å². The minimum absolute atomic E-state index is 0.246. The number of rotatable bonds is 10. The van der Waals surface area contributed by atoms with Gasteiger partial charge in [0.15, 0.2) is 0 Å². The molecule has 0 fully saturated rings. The van der Waals surface area contributed by atoms with Crippen molar-refractivity contribution in [2.75, 3.05) is 47.1 Å². The predicted octanol–water partition coefficient (Wildman–Crippen LogP) is 1.75. The molecule has 5 heteroatoms. The summed E-state index contributed by atoms with van der Waals surface area (Å²) in [5, 5.41) is 0. The molecule has 1 aromatic rings. The highest BCUT2D eigenvalue weighted by Gasteiger charge is 2.05. The molecule has 1 rings (SSSR count). The summed E-state index contributed by atoms with van der Waals surface area (Å²) in [6.45, 7) is 6.17. The summed E-state index contributed by atoms with van der Waals surface area (Å²) >= 11 is 0. The molecule has 0 aliphatic rings. The van der Waals surface area contributed by atoms with Crippen molar-refractivity contribution in [3.63, 3.8) is 0 Å². The van der Waals surface area contributed by atoms with E-state index in [4.69, 9.17) is 9.47 Å². The first-order valence-electron chi connectivity index (χ1n) is 7.19. The van der Waals surface area contributed by atoms with E-state index in [2.05, 4.69) is 16.6 Å². The van der Waals surface area contributed by atoms with E-state index < -0.39 is 0 Å². The molecule has 118 valence electrons. The summed E-state index contributed by atoms with van der Waals surface area (Å²) in [5.41, 5.74) is 0.895. The molecule has 21 heavy (non-hydrogen) atoms. The van der Waals surface area contributed by atoms with Gasteiger partial charge in [-0.25, -0.2) is 0 Å². The fraction of sp³-hybridized carbons (Fsp3) is 0.562. The third kappa shape index (κ3) is 7.11. The second-order valence-electron chi connectivity index (χ2n) is 4.68. The minimum atomic E-state index is -0.246. The van der Waals surface area contributed by atoms with Crippen LogP contribution in [0.25, 0.3) is 0 Å². The number of hydrogen-bond donors (Lipinski definition) is 0. The Morgan fingerprint density at radius 1 is 1.19 bits per heavy atom. The van der Waals surface area contributed by atoms with Gasteiger partial charge in [0.2, 0.25) is 0 Å². The van der Waals surface area contributed by atoms with Crippen molar-refractivity contribution in [1.29, 1.82) is 0 Å². The lowest BCUT2D eigenvalue weighted by Gasteiger charge is -2.20. The molecule has 0 N–H and O–H groups in total. The Morgan fingerprint density at radius 3 is 2.62 bits per heavy atom. The summed E-state index contributed by atoms with van der Waals surface area (Å²) < 4.78 is 15.5. The van der Waals surface area contributed by atoms with Gasteiger partial charge in [-0.3, -0.25) is 9.69 Å². The fourth-order valence-electron chi connectivity index (χ4n) is 1.93. The summed E-state index contributed by atoms with van der Waals surface area (Å²) in [5.74, 6) is 0.531. The standard InChI is InChI=1S/C16H25NO4/c1-4-17(8-10-19-2)9-11-21-15-7-5-6-14(12-15)13-16(18)20-3/h5-7,12H,4,8-11,13H2,1-3H3. The molecule has 0 atom stereocenters. The van der Waals surface area contributed by atoms with Gasteiger partial charge in [-0.2, -0.15) is 0 Å². The largest absolute Gasteiger partial charge is 0.492 e. The van der Waals surface area contributed by atoms with E-state index >= 15 is 0 Å². The number of carbonyl (C=O) groups excluding carboxylic acids is 1. The molecule has 0 radical (unpaired) electrons. The van der Waals surface area contributed by atoms with E-state index in [-0.39, 0.29) is 12.4 Å². The zero-order valence-electron chi connectivity index (χ0n) is 13.1. The average Bonchev–Trinajstić information content (AvgIpc) is 2.51.